The van der Waals surface area contributed by atoms with E-state index in [1.807, 2.05) is 37.2 Å². The summed E-state index contributed by atoms with van der Waals surface area (Å²) in [5.41, 5.74) is 3.31. The van der Waals surface area contributed by atoms with Crippen molar-refractivity contribution in [3.63, 3.8) is 0 Å². The van der Waals surface area contributed by atoms with Gasteiger partial charge in [-0.15, -0.1) is 12.4 Å². The van der Waals surface area contributed by atoms with Gasteiger partial charge in [0.05, 0.1) is 17.3 Å². The summed E-state index contributed by atoms with van der Waals surface area (Å²) in [7, 11) is 5.58. The van der Waals surface area contributed by atoms with Crippen molar-refractivity contribution in [2.75, 3.05) is 45.8 Å². The Hall–Kier alpha value is -2.35. The maximum Gasteiger partial charge on any atom is 0.266 e. The van der Waals surface area contributed by atoms with E-state index < -0.39 is 0 Å². The van der Waals surface area contributed by atoms with Crippen LogP contribution in [0.4, 0.5) is 5.13 Å². The lowest BCUT2D eigenvalue weighted by Crippen LogP contribution is -2.39. The summed E-state index contributed by atoms with van der Waals surface area (Å²) in [6, 6.07) is 11.4. The number of thiazole rings is 1. The van der Waals surface area contributed by atoms with Gasteiger partial charge in [-0.05, 0) is 57.3 Å². The number of fused-ring (bicyclic) bond motifs is 1. The van der Waals surface area contributed by atoms with E-state index in [1.165, 1.54) is 16.9 Å². The number of benzene rings is 2. The third kappa shape index (κ3) is 5.62. The summed E-state index contributed by atoms with van der Waals surface area (Å²) in [5, 5.41) is 0.704. The molecule has 0 aliphatic heterocycles. The Balaban J connectivity index is 0.00000320. The van der Waals surface area contributed by atoms with Crippen molar-refractivity contribution in [2.24, 2.45) is 0 Å². The number of carbonyl (C=O) groups excluding carboxylic acids is 1. The van der Waals surface area contributed by atoms with E-state index in [0.717, 1.165) is 22.3 Å². The molecule has 6 nitrogen and oxygen atoms in total. The second-order valence-corrected chi connectivity index (χ2v) is 8.18. The van der Waals surface area contributed by atoms with Gasteiger partial charge in [-0.3, -0.25) is 9.69 Å². The van der Waals surface area contributed by atoms with Gasteiger partial charge in [-0.25, -0.2) is 4.98 Å². The van der Waals surface area contributed by atoms with E-state index in [-0.39, 0.29) is 24.9 Å². The predicted octanol–water partition coefficient (Wildman–Crippen LogP) is 4.32. The Morgan fingerprint density at radius 3 is 2.53 bits per heavy atom. The van der Waals surface area contributed by atoms with Crippen molar-refractivity contribution in [1.29, 1.82) is 0 Å². The van der Waals surface area contributed by atoms with Gasteiger partial charge < -0.3 is 14.4 Å². The Morgan fingerprint density at radius 1 is 1.10 bits per heavy atom. The number of nitrogens with zero attached hydrogens (tertiary/aromatic N) is 3. The van der Waals surface area contributed by atoms with E-state index in [0.29, 0.717) is 23.2 Å². The molecule has 3 aromatic rings. The van der Waals surface area contributed by atoms with Gasteiger partial charge in [0.1, 0.15) is 11.5 Å². The van der Waals surface area contributed by atoms with Gasteiger partial charge in [0.15, 0.2) is 11.7 Å². The van der Waals surface area contributed by atoms with Gasteiger partial charge in [-0.1, -0.05) is 23.5 Å². The van der Waals surface area contributed by atoms with E-state index >= 15 is 0 Å². The minimum atomic E-state index is -0.122. The second-order valence-electron chi connectivity index (χ2n) is 7.17. The maximum atomic E-state index is 13.0. The minimum absolute atomic E-state index is 0. The van der Waals surface area contributed by atoms with Gasteiger partial charge in [-0.2, -0.15) is 0 Å². The molecule has 0 saturated carbocycles. The Bertz CT molecular complexity index is 1010. The van der Waals surface area contributed by atoms with Crippen molar-refractivity contribution < 1.29 is 14.3 Å². The SMILES string of the molecule is COc1cccc(OCC(=O)N(CCN(C)C)c2nc3c(C)c(C)ccc3s2)c1.Cl. The van der Waals surface area contributed by atoms with Crippen LogP contribution in [0.1, 0.15) is 11.1 Å². The fraction of sp³-hybridized carbons (Fsp3) is 0.364. The number of amides is 1. The Labute approximate surface area is 187 Å². The molecule has 30 heavy (non-hydrogen) atoms. The first kappa shape index (κ1) is 23.9. The van der Waals surface area contributed by atoms with E-state index in [2.05, 4.69) is 26.0 Å². The highest BCUT2D eigenvalue weighted by Crippen LogP contribution is 2.32. The highest BCUT2D eigenvalue weighted by atomic mass is 35.5. The average molecular weight is 450 g/mol. The zero-order valence-electron chi connectivity index (χ0n) is 18.0. The van der Waals surface area contributed by atoms with Crippen LogP contribution >= 0.6 is 23.7 Å². The molecule has 0 unspecified atom stereocenters. The summed E-state index contributed by atoms with van der Waals surface area (Å²) in [6.45, 7) is 5.36. The van der Waals surface area contributed by atoms with E-state index in [1.54, 1.807) is 18.1 Å². The molecule has 0 bridgehead atoms. The summed E-state index contributed by atoms with van der Waals surface area (Å²) in [6.07, 6.45) is 0. The van der Waals surface area contributed by atoms with Crippen molar-refractivity contribution >= 4 is 45.0 Å². The molecule has 0 atom stereocenters. The number of rotatable bonds is 8. The predicted molar refractivity (Wildman–Crippen MR) is 126 cm³/mol. The summed E-state index contributed by atoms with van der Waals surface area (Å²) < 4.78 is 12.0. The van der Waals surface area contributed by atoms with Crippen LogP contribution in [-0.4, -0.2) is 56.7 Å². The second kappa shape index (κ2) is 10.6. The van der Waals surface area contributed by atoms with Crippen molar-refractivity contribution in [1.82, 2.24) is 9.88 Å². The van der Waals surface area contributed by atoms with E-state index in [9.17, 15) is 4.79 Å². The molecule has 162 valence electrons. The number of likely N-dealkylation sites (N-methyl/N-ethyl adjacent to an activating group) is 1. The number of ether oxygens (including phenoxy) is 2. The first-order valence-corrected chi connectivity index (χ1v) is 10.3. The van der Waals surface area contributed by atoms with Crippen LogP contribution in [0.5, 0.6) is 11.5 Å². The molecule has 1 heterocycles. The maximum absolute atomic E-state index is 13.0. The normalized spacial score (nSPS) is 10.7. The van der Waals surface area contributed by atoms with Gasteiger partial charge in [0.25, 0.3) is 5.91 Å². The molecule has 0 aliphatic rings. The van der Waals surface area contributed by atoms with Gasteiger partial charge >= 0.3 is 0 Å². The molecule has 8 heteroatoms. The van der Waals surface area contributed by atoms with Crippen LogP contribution in [0.2, 0.25) is 0 Å². The lowest BCUT2D eigenvalue weighted by molar-refractivity contribution is -0.120. The quantitative estimate of drug-likeness (QED) is 0.512. The lowest BCUT2D eigenvalue weighted by Gasteiger charge is -2.22. The summed E-state index contributed by atoms with van der Waals surface area (Å²) in [4.78, 5) is 21.6. The molecule has 0 aliphatic carbocycles. The Kier molecular flexibility index (Phi) is 8.46. The number of halogens is 1. The topological polar surface area (TPSA) is 54.9 Å². The molecule has 0 radical (unpaired) electrons. The number of hydrogen-bond acceptors (Lipinski definition) is 6. The van der Waals surface area contributed by atoms with Gasteiger partial charge in [0, 0.05) is 19.2 Å². The highest BCUT2D eigenvalue weighted by molar-refractivity contribution is 7.22. The monoisotopic (exact) mass is 449 g/mol. The number of aryl methyl sites for hydroxylation is 2. The lowest BCUT2D eigenvalue weighted by atomic mass is 10.1. The zero-order chi connectivity index (χ0) is 21.0. The third-order valence-corrected chi connectivity index (χ3v) is 5.82. The third-order valence-electron chi connectivity index (χ3n) is 4.78. The number of anilines is 1. The van der Waals surface area contributed by atoms with E-state index in [4.69, 9.17) is 14.5 Å². The standard InChI is InChI=1S/C22H27N3O3S.ClH/c1-15-9-10-19-21(16(15)2)23-22(29-19)25(12-11-24(3)4)20(26)14-28-18-8-6-7-17(13-18)27-5;/h6-10,13H,11-12,14H2,1-5H3;1H. The van der Waals surface area contributed by atoms with Crippen LogP contribution in [-0.2, 0) is 4.79 Å². The molecule has 3 rings (SSSR count). The van der Waals surface area contributed by atoms with Gasteiger partial charge in [0.2, 0.25) is 0 Å². The first-order valence-electron chi connectivity index (χ1n) is 9.47. The molecule has 1 aromatic heterocycles. The highest BCUT2D eigenvalue weighted by Gasteiger charge is 2.21. The smallest absolute Gasteiger partial charge is 0.266 e. The fourth-order valence-electron chi connectivity index (χ4n) is 2.87. The summed E-state index contributed by atoms with van der Waals surface area (Å²) in [5.74, 6) is 1.17. The fourth-order valence-corrected chi connectivity index (χ4v) is 3.94. The van der Waals surface area contributed by atoms with Crippen LogP contribution in [0.25, 0.3) is 10.2 Å². The number of hydrogen-bond donors (Lipinski definition) is 0. The van der Waals surface area contributed by atoms with Crippen molar-refractivity contribution in [3.8, 4) is 11.5 Å². The number of methoxy groups -OCH3 is 1. The number of carbonyl (C=O) groups is 1. The molecular formula is C22H28ClN3O3S. The van der Waals surface area contributed by atoms with Crippen LogP contribution in [0.15, 0.2) is 36.4 Å². The zero-order valence-corrected chi connectivity index (χ0v) is 19.6. The van der Waals surface area contributed by atoms with Crippen LogP contribution in [0.3, 0.4) is 0 Å². The molecular weight excluding hydrogens is 422 g/mol. The molecule has 1 amide bonds. The molecule has 0 spiro atoms. The Morgan fingerprint density at radius 2 is 1.83 bits per heavy atom. The first-order chi connectivity index (χ1) is 13.9. The summed E-state index contributed by atoms with van der Waals surface area (Å²) >= 11 is 1.54. The molecule has 0 fully saturated rings. The minimum Gasteiger partial charge on any atom is -0.497 e. The number of aromatic nitrogens is 1. The van der Waals surface area contributed by atoms with Crippen LogP contribution in [0, 0.1) is 13.8 Å². The molecule has 0 N–H and O–H groups in total. The molecule has 0 saturated heterocycles. The largest absolute Gasteiger partial charge is 0.497 e. The molecule has 2 aromatic carbocycles. The average Bonchev–Trinajstić information content (AvgIpc) is 3.14. The van der Waals surface area contributed by atoms with Crippen molar-refractivity contribution in [2.45, 2.75) is 13.8 Å². The van der Waals surface area contributed by atoms with Crippen molar-refractivity contribution in [3.05, 3.63) is 47.5 Å². The van der Waals surface area contributed by atoms with Crippen LogP contribution < -0.4 is 14.4 Å².